The fourth-order valence-corrected chi connectivity index (χ4v) is 3.62. The topological polar surface area (TPSA) is 79.0 Å². The van der Waals surface area contributed by atoms with E-state index in [0.29, 0.717) is 18.8 Å². The minimum absolute atomic E-state index is 0.0634. The van der Waals surface area contributed by atoms with Gasteiger partial charge in [0.1, 0.15) is 11.6 Å². The lowest BCUT2D eigenvalue weighted by molar-refractivity contribution is -0.118. The molecule has 0 saturated heterocycles. The molecule has 0 radical (unpaired) electrons. The smallest absolute Gasteiger partial charge is 0.262 e. The number of halogens is 1. The minimum atomic E-state index is -0.201. The highest BCUT2D eigenvalue weighted by Gasteiger charge is 2.09. The maximum atomic E-state index is 12.3. The Kier molecular flexibility index (Phi) is 6.64. The van der Waals surface area contributed by atoms with Crippen LogP contribution in [0, 0.1) is 6.92 Å². The second kappa shape index (κ2) is 9.76. The molecule has 0 bridgehead atoms. The van der Waals surface area contributed by atoms with Gasteiger partial charge in [0.05, 0.1) is 17.6 Å². The van der Waals surface area contributed by atoms with Crippen LogP contribution in [0.3, 0.4) is 0 Å². The van der Waals surface area contributed by atoms with Gasteiger partial charge < -0.3 is 20.4 Å². The Morgan fingerprint density at radius 2 is 1.87 bits per heavy atom. The molecule has 7 heteroatoms. The summed E-state index contributed by atoms with van der Waals surface area (Å²) in [5, 5.41) is 6.23. The third-order valence-corrected chi connectivity index (χ3v) is 5.26. The van der Waals surface area contributed by atoms with Gasteiger partial charge in [-0.3, -0.25) is 4.79 Å². The van der Waals surface area contributed by atoms with Gasteiger partial charge in [0, 0.05) is 22.3 Å². The van der Waals surface area contributed by atoms with Crippen LogP contribution in [-0.2, 0) is 17.9 Å². The number of amides is 1. The highest BCUT2D eigenvalue weighted by Crippen LogP contribution is 2.23. The van der Waals surface area contributed by atoms with E-state index < -0.39 is 0 Å². The van der Waals surface area contributed by atoms with Gasteiger partial charge in [-0.2, -0.15) is 0 Å². The number of aromatic amines is 1. The Labute approximate surface area is 189 Å². The fourth-order valence-electron chi connectivity index (χ4n) is 3.21. The summed E-state index contributed by atoms with van der Waals surface area (Å²) in [7, 11) is 0. The van der Waals surface area contributed by atoms with Crippen molar-refractivity contribution in [1.29, 1.82) is 0 Å². The number of carbonyl (C=O) groups is 1. The number of anilines is 1. The quantitative estimate of drug-likeness (QED) is 0.335. The van der Waals surface area contributed by atoms with Crippen LogP contribution in [0.15, 0.2) is 71.2 Å². The summed E-state index contributed by atoms with van der Waals surface area (Å²) in [6.45, 7) is 3.11. The van der Waals surface area contributed by atoms with Crippen molar-refractivity contribution in [2.24, 2.45) is 0 Å². The summed E-state index contributed by atoms with van der Waals surface area (Å²) in [5.74, 6) is 1.34. The Bertz CT molecular complexity index is 1150. The van der Waals surface area contributed by atoms with Crippen molar-refractivity contribution >= 4 is 38.6 Å². The number of fused-ring (bicyclic) bond motifs is 1. The van der Waals surface area contributed by atoms with Gasteiger partial charge in [-0.25, -0.2) is 4.98 Å². The van der Waals surface area contributed by atoms with Gasteiger partial charge in [0.25, 0.3) is 5.91 Å². The van der Waals surface area contributed by atoms with E-state index in [4.69, 9.17) is 4.74 Å². The lowest BCUT2D eigenvalue weighted by atomic mass is 10.2. The first-order valence-corrected chi connectivity index (χ1v) is 10.8. The summed E-state index contributed by atoms with van der Waals surface area (Å²) in [4.78, 5) is 20.1. The first-order valence-electron chi connectivity index (χ1n) is 9.99. The molecule has 4 rings (SSSR count). The number of carbonyl (C=O) groups excluding carboxylic acids is 1. The fraction of sp³-hybridized carbons (Fsp3) is 0.167. The largest absolute Gasteiger partial charge is 0.483 e. The number of aryl methyl sites for hydroxylation is 1. The number of imidazole rings is 1. The second-order valence-electron chi connectivity index (χ2n) is 7.26. The van der Waals surface area contributed by atoms with Crippen molar-refractivity contribution in [2.45, 2.75) is 20.0 Å². The van der Waals surface area contributed by atoms with Crippen LogP contribution in [0.1, 0.15) is 17.0 Å². The van der Waals surface area contributed by atoms with Gasteiger partial charge in [0.2, 0.25) is 0 Å². The van der Waals surface area contributed by atoms with Gasteiger partial charge in [-0.15, -0.1) is 0 Å². The molecule has 0 aliphatic rings. The molecular weight excluding hydrogens is 456 g/mol. The van der Waals surface area contributed by atoms with Gasteiger partial charge >= 0.3 is 0 Å². The highest BCUT2D eigenvalue weighted by molar-refractivity contribution is 9.10. The molecule has 6 nitrogen and oxygen atoms in total. The number of ether oxygens (including phenoxy) is 1. The molecule has 4 aromatic rings. The average molecular weight is 479 g/mol. The zero-order valence-corrected chi connectivity index (χ0v) is 18.7. The van der Waals surface area contributed by atoms with Gasteiger partial charge in [-0.05, 0) is 49.4 Å². The van der Waals surface area contributed by atoms with Crippen LogP contribution < -0.4 is 15.4 Å². The van der Waals surface area contributed by atoms with Crippen molar-refractivity contribution < 1.29 is 9.53 Å². The number of hydrogen-bond donors (Lipinski definition) is 3. The molecule has 0 atom stereocenters. The highest BCUT2D eigenvalue weighted by atomic mass is 79.9. The Morgan fingerprint density at radius 3 is 2.68 bits per heavy atom. The lowest BCUT2D eigenvalue weighted by Gasteiger charge is -2.13. The van der Waals surface area contributed by atoms with Crippen LogP contribution in [0.4, 0.5) is 5.69 Å². The number of hydrogen-bond acceptors (Lipinski definition) is 4. The summed E-state index contributed by atoms with van der Waals surface area (Å²) < 4.78 is 6.75. The Morgan fingerprint density at radius 1 is 1.06 bits per heavy atom. The Balaban J connectivity index is 1.34. The summed E-state index contributed by atoms with van der Waals surface area (Å²) in [5.41, 5.74) is 4.82. The molecule has 1 aromatic heterocycles. The van der Waals surface area contributed by atoms with E-state index in [1.165, 1.54) is 0 Å². The predicted molar refractivity (Wildman–Crippen MR) is 126 cm³/mol. The van der Waals surface area contributed by atoms with E-state index in [0.717, 1.165) is 38.1 Å². The molecule has 1 heterocycles. The van der Waals surface area contributed by atoms with Crippen molar-refractivity contribution in [3.63, 3.8) is 0 Å². The lowest BCUT2D eigenvalue weighted by Crippen LogP contribution is -2.21. The van der Waals surface area contributed by atoms with E-state index in [2.05, 4.69) is 36.5 Å². The van der Waals surface area contributed by atoms with Crippen LogP contribution >= 0.6 is 15.9 Å². The number of aromatic nitrogens is 2. The van der Waals surface area contributed by atoms with Crippen LogP contribution in [0.2, 0.25) is 0 Å². The third-order valence-electron chi connectivity index (χ3n) is 4.76. The molecule has 3 N–H and O–H groups in total. The summed E-state index contributed by atoms with van der Waals surface area (Å²) in [6, 6.07) is 21.4. The molecule has 0 fully saturated rings. The number of H-pyrrole nitrogens is 1. The van der Waals surface area contributed by atoms with E-state index in [1.807, 2.05) is 73.7 Å². The number of nitrogens with one attached hydrogen (secondary N) is 3. The number of benzene rings is 3. The van der Waals surface area contributed by atoms with Crippen molar-refractivity contribution in [2.75, 3.05) is 11.9 Å². The maximum Gasteiger partial charge on any atom is 0.262 e. The monoisotopic (exact) mass is 478 g/mol. The molecule has 0 aliphatic heterocycles. The van der Waals surface area contributed by atoms with Crippen molar-refractivity contribution in [3.8, 4) is 5.75 Å². The van der Waals surface area contributed by atoms with Gasteiger partial charge in [0.15, 0.2) is 6.61 Å². The summed E-state index contributed by atoms with van der Waals surface area (Å²) in [6.07, 6.45) is 0. The number of rotatable bonds is 8. The molecule has 0 saturated carbocycles. The third kappa shape index (κ3) is 5.71. The first kappa shape index (κ1) is 21.1. The predicted octanol–water partition coefficient (Wildman–Crippen LogP) is 4.94. The molecule has 3 aromatic carbocycles. The molecule has 0 unspecified atom stereocenters. The molecular formula is C24H23BrN4O2. The molecule has 1 amide bonds. The van der Waals surface area contributed by atoms with E-state index in [1.54, 1.807) is 0 Å². The molecule has 0 aliphatic carbocycles. The Hall–Kier alpha value is -3.16. The zero-order chi connectivity index (χ0) is 21.6. The summed E-state index contributed by atoms with van der Waals surface area (Å²) >= 11 is 3.51. The zero-order valence-electron chi connectivity index (χ0n) is 17.1. The second-order valence-corrected chi connectivity index (χ2v) is 8.17. The average Bonchev–Trinajstić information content (AvgIpc) is 3.17. The van der Waals surface area contributed by atoms with Crippen LogP contribution in [0.5, 0.6) is 5.75 Å². The molecule has 158 valence electrons. The first-order chi connectivity index (χ1) is 15.1. The SMILES string of the molecule is Cc1ccc(NC(=O)COc2ccc(Br)cc2CNCc2nc3ccccc3[nH]2)cc1. The van der Waals surface area contributed by atoms with Crippen molar-refractivity contribution in [3.05, 3.63) is 88.2 Å². The standard InChI is InChI=1S/C24H23BrN4O2/c1-16-6-9-19(10-7-16)27-24(30)15-31-22-11-8-18(25)12-17(22)13-26-14-23-28-20-4-2-3-5-21(20)29-23/h2-12,26H,13-15H2,1H3,(H,27,30)(H,28,29). The minimum Gasteiger partial charge on any atom is -0.483 e. The van der Waals surface area contributed by atoms with Gasteiger partial charge in [-0.1, -0.05) is 45.8 Å². The molecule has 0 spiro atoms. The van der Waals surface area contributed by atoms with E-state index >= 15 is 0 Å². The normalized spacial score (nSPS) is 10.9. The van der Waals surface area contributed by atoms with Crippen LogP contribution in [-0.4, -0.2) is 22.5 Å². The van der Waals surface area contributed by atoms with Crippen LogP contribution in [0.25, 0.3) is 11.0 Å². The van der Waals surface area contributed by atoms with Crippen molar-refractivity contribution in [1.82, 2.24) is 15.3 Å². The van der Waals surface area contributed by atoms with E-state index in [-0.39, 0.29) is 12.5 Å². The molecule has 31 heavy (non-hydrogen) atoms. The maximum absolute atomic E-state index is 12.3. The van der Waals surface area contributed by atoms with E-state index in [9.17, 15) is 4.79 Å². The number of para-hydroxylation sites is 2. The number of nitrogens with zero attached hydrogens (tertiary/aromatic N) is 1.